The molecular weight excluding hydrogens is 608 g/mol. The maximum Gasteiger partial charge on any atom is 0.410 e. The van der Waals surface area contributed by atoms with Crippen molar-refractivity contribution < 1.29 is 14.3 Å². The molecule has 43 heavy (non-hydrogen) atoms. The molecule has 2 aromatic heterocycles. The van der Waals surface area contributed by atoms with Crippen molar-refractivity contribution in [3.05, 3.63) is 53.9 Å². The number of carbonyl (C=O) groups excluding carboxylic acids is 1. The van der Waals surface area contributed by atoms with Crippen molar-refractivity contribution in [2.45, 2.75) is 66.9 Å². The average molecular weight is 656 g/mol. The SMILES string of the molecule is CCC(CN(C)C(=O)OC(C)(C)C)=Nc1c(N2CCOCC2)cc(-n2ccc(-c3cccc(C)c3)n2)nc1C.CCCBr. The van der Waals surface area contributed by atoms with Gasteiger partial charge in [0.25, 0.3) is 0 Å². The van der Waals surface area contributed by atoms with Crippen molar-refractivity contribution >= 4 is 39.1 Å². The van der Waals surface area contributed by atoms with Crippen LogP contribution in [0.15, 0.2) is 47.6 Å². The third kappa shape index (κ3) is 10.2. The van der Waals surface area contributed by atoms with Crippen LogP contribution in [0, 0.1) is 13.8 Å². The van der Waals surface area contributed by atoms with Crippen LogP contribution in [-0.2, 0) is 9.47 Å². The molecule has 1 aliphatic heterocycles. The monoisotopic (exact) mass is 654 g/mol. The number of aryl methyl sites for hydroxylation is 2. The summed E-state index contributed by atoms with van der Waals surface area (Å²) in [7, 11) is 1.74. The van der Waals surface area contributed by atoms with E-state index >= 15 is 0 Å². The molecular formula is C33H47BrN6O3. The minimum atomic E-state index is -0.555. The number of aromatic nitrogens is 3. The molecule has 10 heteroatoms. The lowest BCUT2D eigenvalue weighted by Crippen LogP contribution is -2.37. The first kappa shape index (κ1) is 34.3. The van der Waals surface area contributed by atoms with Crippen LogP contribution in [0.5, 0.6) is 0 Å². The Kier molecular flexibility index (Phi) is 12.7. The highest BCUT2D eigenvalue weighted by Crippen LogP contribution is 2.34. The fourth-order valence-corrected chi connectivity index (χ4v) is 4.41. The van der Waals surface area contributed by atoms with Crippen LogP contribution in [0.25, 0.3) is 17.1 Å². The molecule has 0 N–H and O–H groups in total. The number of rotatable bonds is 8. The zero-order valence-corrected chi connectivity index (χ0v) is 28.6. The number of alkyl halides is 1. The number of hydrogen-bond acceptors (Lipinski definition) is 7. The topological polar surface area (TPSA) is 85.1 Å². The quantitative estimate of drug-likeness (QED) is 0.184. The van der Waals surface area contributed by atoms with Crippen molar-refractivity contribution in [2.24, 2.45) is 4.99 Å². The highest BCUT2D eigenvalue weighted by atomic mass is 79.9. The largest absolute Gasteiger partial charge is 0.444 e. The Labute approximate surface area is 265 Å². The average Bonchev–Trinajstić information content (AvgIpc) is 3.48. The van der Waals surface area contributed by atoms with Crippen LogP contribution in [0.3, 0.4) is 0 Å². The number of anilines is 1. The number of amides is 1. The minimum Gasteiger partial charge on any atom is -0.444 e. The second-order valence-corrected chi connectivity index (χ2v) is 12.4. The van der Waals surface area contributed by atoms with Gasteiger partial charge in [0.2, 0.25) is 0 Å². The van der Waals surface area contributed by atoms with E-state index in [4.69, 9.17) is 24.5 Å². The number of ether oxygens (including phenoxy) is 2. The van der Waals surface area contributed by atoms with E-state index in [1.807, 2.05) is 57.6 Å². The molecule has 0 unspecified atom stereocenters. The molecule has 1 amide bonds. The molecule has 0 saturated carbocycles. The van der Waals surface area contributed by atoms with Crippen LogP contribution in [0.1, 0.15) is 58.7 Å². The molecule has 1 aromatic carbocycles. The molecule has 1 saturated heterocycles. The normalized spacial score (nSPS) is 13.8. The van der Waals surface area contributed by atoms with E-state index in [1.54, 1.807) is 11.9 Å². The summed E-state index contributed by atoms with van der Waals surface area (Å²) >= 11 is 3.25. The molecule has 0 spiro atoms. The second kappa shape index (κ2) is 16.0. The summed E-state index contributed by atoms with van der Waals surface area (Å²) < 4.78 is 13.0. The lowest BCUT2D eigenvalue weighted by atomic mass is 10.1. The second-order valence-electron chi connectivity index (χ2n) is 11.6. The molecule has 4 rings (SSSR count). The van der Waals surface area contributed by atoms with Crippen molar-refractivity contribution in [2.75, 3.05) is 50.1 Å². The number of benzene rings is 1. The van der Waals surface area contributed by atoms with Gasteiger partial charge in [-0.3, -0.25) is 4.99 Å². The van der Waals surface area contributed by atoms with Crippen LogP contribution < -0.4 is 4.90 Å². The molecule has 1 fully saturated rings. The van der Waals surface area contributed by atoms with Crippen LogP contribution in [0.4, 0.5) is 16.2 Å². The highest BCUT2D eigenvalue weighted by molar-refractivity contribution is 9.09. The van der Waals surface area contributed by atoms with Gasteiger partial charge in [0.15, 0.2) is 5.82 Å². The van der Waals surface area contributed by atoms with Gasteiger partial charge in [-0.15, -0.1) is 0 Å². The van der Waals surface area contributed by atoms with E-state index in [2.05, 4.69) is 58.9 Å². The van der Waals surface area contributed by atoms with Gasteiger partial charge in [0.05, 0.1) is 36.8 Å². The third-order valence-corrected chi connectivity index (χ3v) is 7.41. The van der Waals surface area contributed by atoms with Crippen molar-refractivity contribution in [1.29, 1.82) is 0 Å². The van der Waals surface area contributed by atoms with Crippen LogP contribution in [-0.4, -0.2) is 82.3 Å². The Morgan fingerprint density at radius 3 is 2.44 bits per heavy atom. The Morgan fingerprint density at radius 1 is 1.14 bits per heavy atom. The Bertz CT molecular complexity index is 1370. The maximum absolute atomic E-state index is 12.6. The molecule has 234 valence electrons. The highest BCUT2D eigenvalue weighted by Gasteiger charge is 2.22. The van der Waals surface area contributed by atoms with E-state index in [1.165, 1.54) is 12.0 Å². The predicted molar refractivity (Wildman–Crippen MR) is 180 cm³/mol. The fraction of sp³-hybridized carbons (Fsp3) is 0.515. The molecule has 9 nitrogen and oxygen atoms in total. The fourth-order valence-electron chi connectivity index (χ4n) is 4.41. The van der Waals surface area contributed by atoms with Crippen LogP contribution >= 0.6 is 15.9 Å². The first-order valence-electron chi connectivity index (χ1n) is 15.0. The summed E-state index contributed by atoms with van der Waals surface area (Å²) in [6, 6.07) is 12.4. The lowest BCUT2D eigenvalue weighted by molar-refractivity contribution is 0.0323. The van der Waals surface area contributed by atoms with Crippen molar-refractivity contribution in [3.8, 4) is 17.1 Å². The summed E-state index contributed by atoms with van der Waals surface area (Å²) in [6.45, 7) is 17.0. The van der Waals surface area contributed by atoms with Crippen molar-refractivity contribution in [1.82, 2.24) is 19.7 Å². The number of pyridine rings is 1. The van der Waals surface area contributed by atoms with Gasteiger partial charge in [-0.25, -0.2) is 14.5 Å². The first-order valence-corrected chi connectivity index (χ1v) is 16.1. The van der Waals surface area contributed by atoms with Gasteiger partial charge in [0, 0.05) is 49.0 Å². The van der Waals surface area contributed by atoms with Crippen molar-refractivity contribution in [3.63, 3.8) is 0 Å². The zero-order valence-electron chi connectivity index (χ0n) is 27.0. The zero-order chi connectivity index (χ0) is 31.6. The number of nitrogens with zero attached hydrogens (tertiary/aromatic N) is 6. The smallest absolute Gasteiger partial charge is 0.410 e. The standard InChI is InChI=1S/C30H40N6O3.C3H7Br/c1-8-24(20-34(7)29(37)39-30(4,5)6)32-28-22(3)31-27(19-26(28)35-14-16-38-17-15-35)36-13-12-25(33-36)23-11-9-10-21(2)18-23;1-2-3-4/h9-13,18-19H,8,14-17,20H2,1-7H3;2-3H2,1H3. The summed E-state index contributed by atoms with van der Waals surface area (Å²) in [5.41, 5.74) is 6.06. The van der Waals surface area contributed by atoms with Gasteiger partial charge < -0.3 is 19.3 Å². The number of halogens is 1. The molecule has 3 aromatic rings. The summed E-state index contributed by atoms with van der Waals surface area (Å²) in [4.78, 5) is 26.4. The minimum absolute atomic E-state index is 0.369. The lowest BCUT2D eigenvalue weighted by Gasteiger charge is -2.30. The molecule has 0 atom stereocenters. The Hall–Kier alpha value is -3.24. The first-order chi connectivity index (χ1) is 20.4. The molecule has 3 heterocycles. The Balaban J connectivity index is 0.00000119. The third-order valence-electron chi connectivity index (χ3n) is 6.61. The van der Waals surface area contributed by atoms with E-state index in [0.717, 1.165) is 58.3 Å². The van der Waals surface area contributed by atoms with E-state index in [9.17, 15) is 4.79 Å². The van der Waals surface area contributed by atoms with E-state index in [-0.39, 0.29) is 6.09 Å². The van der Waals surface area contributed by atoms with Gasteiger partial charge in [-0.05, 0) is 59.6 Å². The number of hydrogen-bond donors (Lipinski definition) is 0. The Morgan fingerprint density at radius 2 is 1.84 bits per heavy atom. The van der Waals surface area contributed by atoms with Gasteiger partial charge in [0.1, 0.15) is 11.3 Å². The molecule has 0 radical (unpaired) electrons. The van der Waals surface area contributed by atoms with Crippen LogP contribution in [0.2, 0.25) is 0 Å². The van der Waals surface area contributed by atoms with Gasteiger partial charge in [-0.2, -0.15) is 5.10 Å². The van der Waals surface area contributed by atoms with E-state index in [0.29, 0.717) is 26.2 Å². The summed E-state index contributed by atoms with van der Waals surface area (Å²) in [5.74, 6) is 0.732. The van der Waals surface area contributed by atoms with Gasteiger partial charge in [-0.1, -0.05) is 53.5 Å². The van der Waals surface area contributed by atoms with Gasteiger partial charge >= 0.3 is 6.09 Å². The number of carbonyl (C=O) groups is 1. The summed E-state index contributed by atoms with van der Waals surface area (Å²) in [5, 5.41) is 5.96. The van der Waals surface area contributed by atoms with E-state index < -0.39 is 5.60 Å². The molecule has 1 aliphatic rings. The molecule has 0 aliphatic carbocycles. The molecule has 0 bridgehead atoms. The predicted octanol–water partition coefficient (Wildman–Crippen LogP) is 7.53. The summed E-state index contributed by atoms with van der Waals surface area (Å²) in [6.07, 6.45) is 3.50. The maximum atomic E-state index is 12.6. The number of aliphatic imine (C=N–C) groups is 1. The number of morpholine rings is 1.